The highest BCUT2D eigenvalue weighted by Gasteiger charge is 2.46. The Morgan fingerprint density at radius 2 is 1.82 bits per heavy atom. The summed E-state index contributed by atoms with van der Waals surface area (Å²) >= 11 is 17.6. The molecule has 1 amide bonds. The van der Waals surface area contributed by atoms with Crippen LogP contribution in [0.3, 0.4) is 0 Å². The maximum absolute atomic E-state index is 13.5. The maximum atomic E-state index is 13.5. The molecule has 3 aliphatic heterocycles. The monoisotopic (exact) mass is 563 g/mol. The molecule has 3 unspecified atom stereocenters. The standard InChI is InChI=1S/C27H23Cl2N7OS/c1-30-27(38)34-33-25(37)23(15-5-8-18(28)9-6-15)16-7-10-22-21(12-16)24(17-3-2-4-19(29)11-17)32-26-31-13-20-14-35(20)36(22)26/h2-12,20,23H,13-14H2,1H3,(H,33,37)(H2,30,34,38). The summed E-state index contributed by atoms with van der Waals surface area (Å²) in [4.78, 5) is 23.2. The molecule has 3 N–H and O–H groups in total. The van der Waals surface area contributed by atoms with Gasteiger partial charge in [-0.15, -0.1) is 0 Å². The number of benzene rings is 3. The number of hydrazine groups is 2. The molecule has 1 fully saturated rings. The van der Waals surface area contributed by atoms with E-state index in [1.165, 1.54) is 0 Å². The van der Waals surface area contributed by atoms with Crippen molar-refractivity contribution >= 4 is 63.8 Å². The lowest BCUT2D eigenvalue weighted by molar-refractivity contribution is -0.122. The number of rotatable bonds is 4. The Bertz CT molecular complexity index is 1510. The van der Waals surface area contributed by atoms with Gasteiger partial charge in [-0.05, 0) is 59.7 Å². The zero-order chi connectivity index (χ0) is 26.4. The fraction of sp³-hybridized carbons (Fsp3) is 0.185. The molecule has 0 saturated carbocycles. The van der Waals surface area contributed by atoms with Crippen molar-refractivity contribution in [3.8, 4) is 0 Å². The van der Waals surface area contributed by atoms with Gasteiger partial charge in [-0.3, -0.25) is 15.6 Å². The van der Waals surface area contributed by atoms with Gasteiger partial charge in [0, 0.05) is 34.8 Å². The Morgan fingerprint density at radius 3 is 2.58 bits per heavy atom. The highest BCUT2D eigenvalue weighted by molar-refractivity contribution is 7.80. The first-order chi connectivity index (χ1) is 18.4. The molecule has 3 aromatic carbocycles. The minimum atomic E-state index is -0.643. The minimum Gasteiger partial charge on any atom is -0.364 e. The normalized spacial score (nSPS) is 19.6. The van der Waals surface area contributed by atoms with Gasteiger partial charge in [-0.1, -0.05) is 53.5 Å². The smallest absolute Gasteiger partial charge is 0.250 e. The Kier molecular flexibility index (Phi) is 6.53. The summed E-state index contributed by atoms with van der Waals surface area (Å²) in [6, 6.07) is 21.3. The number of guanidine groups is 1. The molecule has 0 radical (unpaired) electrons. The van der Waals surface area contributed by atoms with E-state index in [-0.39, 0.29) is 5.91 Å². The van der Waals surface area contributed by atoms with Crippen LogP contribution in [0, 0.1) is 0 Å². The van der Waals surface area contributed by atoms with Crippen molar-refractivity contribution in [1.82, 2.24) is 21.2 Å². The van der Waals surface area contributed by atoms with Crippen LogP contribution in [0.2, 0.25) is 10.0 Å². The fourth-order valence-electron chi connectivity index (χ4n) is 4.79. The fourth-order valence-corrected chi connectivity index (χ4v) is 5.16. The van der Waals surface area contributed by atoms with E-state index in [1.54, 1.807) is 19.2 Å². The van der Waals surface area contributed by atoms with Crippen molar-refractivity contribution < 1.29 is 4.79 Å². The van der Waals surface area contributed by atoms with Gasteiger partial charge >= 0.3 is 0 Å². The zero-order valence-electron chi connectivity index (χ0n) is 20.3. The van der Waals surface area contributed by atoms with E-state index in [0.717, 1.165) is 46.7 Å². The molecule has 6 rings (SSSR count). The van der Waals surface area contributed by atoms with Crippen molar-refractivity contribution in [3.63, 3.8) is 0 Å². The van der Waals surface area contributed by atoms with Gasteiger partial charge in [0.1, 0.15) is 0 Å². The number of halogens is 2. The maximum Gasteiger partial charge on any atom is 0.250 e. The van der Waals surface area contributed by atoms with Crippen molar-refractivity contribution in [2.75, 3.05) is 25.1 Å². The third kappa shape index (κ3) is 4.63. The number of nitrogens with zero attached hydrogens (tertiary/aromatic N) is 4. The Labute approximate surface area is 235 Å². The zero-order valence-corrected chi connectivity index (χ0v) is 22.6. The lowest BCUT2D eigenvalue weighted by atomic mass is 9.87. The first kappa shape index (κ1) is 24.8. The molecule has 0 bridgehead atoms. The lowest BCUT2D eigenvalue weighted by Gasteiger charge is -2.34. The van der Waals surface area contributed by atoms with Gasteiger partial charge in [-0.2, -0.15) is 0 Å². The summed E-state index contributed by atoms with van der Waals surface area (Å²) in [6.45, 7) is 1.66. The number of carbonyl (C=O) groups is 1. The summed E-state index contributed by atoms with van der Waals surface area (Å²) < 4.78 is 0. The van der Waals surface area contributed by atoms with Crippen LogP contribution >= 0.6 is 35.4 Å². The van der Waals surface area contributed by atoms with Crippen molar-refractivity contribution in [2.45, 2.75) is 12.0 Å². The van der Waals surface area contributed by atoms with Crippen LogP contribution in [-0.2, 0) is 4.79 Å². The van der Waals surface area contributed by atoms with Gasteiger partial charge in [0.25, 0.3) is 0 Å². The third-order valence-electron chi connectivity index (χ3n) is 6.71. The molecular weight excluding hydrogens is 541 g/mol. The van der Waals surface area contributed by atoms with E-state index in [9.17, 15) is 4.79 Å². The molecule has 38 heavy (non-hydrogen) atoms. The Hall–Kier alpha value is -3.50. The second kappa shape index (κ2) is 9.99. The topological polar surface area (TPSA) is 84.1 Å². The van der Waals surface area contributed by atoms with Crippen LogP contribution < -0.4 is 21.2 Å². The third-order valence-corrected chi connectivity index (χ3v) is 7.51. The molecule has 1 saturated heterocycles. The highest BCUT2D eigenvalue weighted by Crippen LogP contribution is 2.39. The summed E-state index contributed by atoms with van der Waals surface area (Å²) in [5, 5.41) is 8.63. The van der Waals surface area contributed by atoms with Gasteiger partial charge in [0.2, 0.25) is 11.9 Å². The van der Waals surface area contributed by atoms with Crippen molar-refractivity contribution in [3.05, 3.63) is 99.0 Å². The average molecular weight is 565 g/mol. The molecule has 3 aliphatic rings. The number of hydrogen-bond donors (Lipinski definition) is 3. The second-order valence-electron chi connectivity index (χ2n) is 9.15. The number of fused-ring (bicyclic) bond motifs is 5. The summed E-state index contributed by atoms with van der Waals surface area (Å²) in [5.74, 6) is -0.255. The minimum absolute atomic E-state index is 0.270. The summed E-state index contributed by atoms with van der Waals surface area (Å²) in [6.07, 6.45) is 0. The molecular formula is C27H23Cl2N7OS. The quantitative estimate of drug-likeness (QED) is 0.254. The van der Waals surface area contributed by atoms with E-state index in [1.807, 2.05) is 54.6 Å². The molecule has 0 aliphatic carbocycles. The van der Waals surface area contributed by atoms with Crippen LogP contribution in [0.4, 0.5) is 5.69 Å². The number of aliphatic imine (C=N–C) groups is 2. The SMILES string of the molecule is CNC(=S)NNC(=O)C(c1ccc(Cl)cc1)c1ccc2c(c1)C(c1cccc(Cl)c1)=NC1=NCC3CN3N12. The van der Waals surface area contributed by atoms with Crippen LogP contribution in [0.25, 0.3) is 0 Å². The number of amides is 1. The molecule has 8 nitrogen and oxygen atoms in total. The van der Waals surface area contributed by atoms with Gasteiger partial charge in [0.05, 0.1) is 29.9 Å². The van der Waals surface area contributed by atoms with Crippen LogP contribution in [0.1, 0.15) is 28.2 Å². The first-order valence-corrected chi connectivity index (χ1v) is 13.2. The molecule has 3 aromatic rings. The Balaban J connectivity index is 1.47. The molecule has 3 heterocycles. The molecule has 0 aromatic heterocycles. The number of anilines is 1. The molecule has 3 atom stereocenters. The predicted octanol–water partition coefficient (Wildman–Crippen LogP) is 3.88. The van der Waals surface area contributed by atoms with Crippen LogP contribution in [0.15, 0.2) is 76.7 Å². The number of nitrogens with one attached hydrogen (secondary N) is 3. The second-order valence-corrected chi connectivity index (χ2v) is 10.4. The van der Waals surface area contributed by atoms with Gasteiger partial charge in [-0.25, -0.2) is 20.0 Å². The van der Waals surface area contributed by atoms with E-state index < -0.39 is 5.92 Å². The van der Waals surface area contributed by atoms with Crippen molar-refractivity contribution in [1.29, 1.82) is 0 Å². The van der Waals surface area contributed by atoms with Gasteiger partial charge < -0.3 is 5.32 Å². The number of thiocarbonyl (C=S) groups is 1. The first-order valence-electron chi connectivity index (χ1n) is 12.1. The van der Waals surface area contributed by atoms with Crippen LogP contribution in [0.5, 0.6) is 0 Å². The van der Waals surface area contributed by atoms with Gasteiger partial charge in [0.15, 0.2) is 5.11 Å². The van der Waals surface area contributed by atoms with Crippen molar-refractivity contribution in [2.24, 2.45) is 9.98 Å². The van der Waals surface area contributed by atoms with Crippen LogP contribution in [-0.4, -0.2) is 53.9 Å². The predicted molar refractivity (Wildman–Crippen MR) is 155 cm³/mol. The van der Waals surface area contributed by atoms with E-state index in [4.69, 9.17) is 45.4 Å². The van der Waals surface area contributed by atoms with E-state index in [2.05, 4.69) is 26.2 Å². The molecule has 11 heteroatoms. The lowest BCUT2D eigenvalue weighted by Crippen LogP contribution is -2.47. The highest BCUT2D eigenvalue weighted by atomic mass is 35.5. The number of hydrogen-bond acceptors (Lipinski definition) is 6. The van der Waals surface area contributed by atoms with E-state index in [0.29, 0.717) is 27.2 Å². The molecule has 0 spiro atoms. The Morgan fingerprint density at radius 1 is 1.03 bits per heavy atom. The molecule has 192 valence electrons. The van der Waals surface area contributed by atoms with E-state index >= 15 is 0 Å². The summed E-state index contributed by atoms with van der Waals surface area (Å²) in [5.41, 5.74) is 10.5. The number of carbonyl (C=O) groups excluding carboxylic acids is 1. The summed E-state index contributed by atoms with van der Waals surface area (Å²) in [7, 11) is 1.68. The largest absolute Gasteiger partial charge is 0.364 e. The average Bonchev–Trinajstić information content (AvgIpc) is 3.72.